The van der Waals surface area contributed by atoms with Crippen molar-refractivity contribution in [2.24, 2.45) is 0 Å². The number of aryl methyl sites for hydroxylation is 3. The maximum absolute atomic E-state index is 12.6. The van der Waals surface area contributed by atoms with Gasteiger partial charge < -0.3 is 10.6 Å². The molecule has 2 N–H and O–H groups in total. The van der Waals surface area contributed by atoms with E-state index in [1.165, 1.54) is 6.20 Å². The third-order valence-corrected chi connectivity index (χ3v) is 6.29. The Labute approximate surface area is 154 Å². The van der Waals surface area contributed by atoms with Crippen molar-refractivity contribution in [3.63, 3.8) is 0 Å². The van der Waals surface area contributed by atoms with Gasteiger partial charge >= 0.3 is 0 Å². The first-order chi connectivity index (χ1) is 12.2. The number of hydrogen-bond acceptors (Lipinski definition) is 5. The molecule has 1 aromatic carbocycles. The molecule has 0 radical (unpaired) electrons. The SMILES string of the molecule is Cc1cc(C)c(NC(=O)c2cncc(NC3CCS(=O)(=O)C3)c2)c(C)c1. The average Bonchev–Trinajstić information content (AvgIpc) is 2.89. The van der Waals surface area contributed by atoms with Gasteiger partial charge in [0.05, 0.1) is 22.8 Å². The Hall–Kier alpha value is -2.41. The third-order valence-electron chi connectivity index (χ3n) is 4.52. The van der Waals surface area contributed by atoms with E-state index in [1.54, 1.807) is 12.3 Å². The molecule has 1 fully saturated rings. The van der Waals surface area contributed by atoms with Crippen LogP contribution in [0.15, 0.2) is 30.6 Å². The van der Waals surface area contributed by atoms with Crippen molar-refractivity contribution in [1.82, 2.24) is 4.98 Å². The van der Waals surface area contributed by atoms with Gasteiger partial charge in [0.15, 0.2) is 9.84 Å². The van der Waals surface area contributed by atoms with Crippen LogP contribution in [-0.2, 0) is 9.84 Å². The van der Waals surface area contributed by atoms with Gasteiger partial charge in [0.25, 0.3) is 5.91 Å². The fraction of sp³-hybridized carbons (Fsp3) is 0.368. The van der Waals surface area contributed by atoms with Gasteiger partial charge in [-0.2, -0.15) is 0 Å². The van der Waals surface area contributed by atoms with E-state index in [0.717, 1.165) is 22.4 Å². The molecule has 1 amide bonds. The van der Waals surface area contributed by atoms with Gasteiger partial charge in [-0.25, -0.2) is 8.42 Å². The molecule has 0 spiro atoms. The summed E-state index contributed by atoms with van der Waals surface area (Å²) < 4.78 is 23.2. The maximum Gasteiger partial charge on any atom is 0.257 e. The van der Waals surface area contributed by atoms with Crippen LogP contribution in [0.2, 0.25) is 0 Å². The Morgan fingerprint density at radius 3 is 2.42 bits per heavy atom. The van der Waals surface area contributed by atoms with E-state index in [0.29, 0.717) is 17.7 Å². The molecule has 1 saturated heterocycles. The summed E-state index contributed by atoms with van der Waals surface area (Å²) >= 11 is 0. The van der Waals surface area contributed by atoms with Crippen molar-refractivity contribution in [1.29, 1.82) is 0 Å². The van der Waals surface area contributed by atoms with Gasteiger partial charge in [0.2, 0.25) is 0 Å². The van der Waals surface area contributed by atoms with E-state index >= 15 is 0 Å². The summed E-state index contributed by atoms with van der Waals surface area (Å²) in [5.74, 6) is 0.0744. The van der Waals surface area contributed by atoms with E-state index in [1.807, 2.05) is 32.9 Å². The van der Waals surface area contributed by atoms with Crippen molar-refractivity contribution in [2.45, 2.75) is 33.2 Å². The fourth-order valence-corrected chi connectivity index (χ4v) is 5.02. The number of carbonyl (C=O) groups excluding carboxylic acids is 1. The monoisotopic (exact) mass is 373 g/mol. The molecule has 0 bridgehead atoms. The molecule has 1 unspecified atom stereocenters. The Bertz CT molecular complexity index is 931. The van der Waals surface area contributed by atoms with Crippen LogP contribution in [0, 0.1) is 20.8 Å². The van der Waals surface area contributed by atoms with Gasteiger partial charge in [0.1, 0.15) is 0 Å². The highest BCUT2D eigenvalue weighted by Crippen LogP contribution is 2.23. The molecule has 1 aliphatic heterocycles. The minimum atomic E-state index is -2.96. The van der Waals surface area contributed by atoms with Crippen molar-refractivity contribution in [3.8, 4) is 0 Å². The molecule has 1 aromatic heterocycles. The van der Waals surface area contributed by atoms with Gasteiger partial charge in [-0.1, -0.05) is 17.7 Å². The standard InChI is InChI=1S/C19H23N3O3S/c1-12-6-13(2)18(14(3)7-12)22-19(23)15-8-17(10-20-9-15)21-16-4-5-26(24,25)11-16/h6-10,16,21H,4-5,11H2,1-3H3,(H,22,23). The van der Waals surface area contributed by atoms with E-state index in [-0.39, 0.29) is 23.5 Å². The first-order valence-electron chi connectivity index (χ1n) is 8.55. The number of pyridine rings is 1. The lowest BCUT2D eigenvalue weighted by Crippen LogP contribution is -2.21. The normalized spacial score (nSPS) is 18.5. The van der Waals surface area contributed by atoms with Crippen LogP contribution in [0.3, 0.4) is 0 Å². The molecule has 6 nitrogen and oxygen atoms in total. The van der Waals surface area contributed by atoms with E-state index in [2.05, 4.69) is 15.6 Å². The molecule has 2 aromatic rings. The molecule has 1 atom stereocenters. The molecule has 1 aliphatic rings. The summed E-state index contributed by atoms with van der Waals surface area (Å²) in [5, 5.41) is 6.12. The average molecular weight is 373 g/mol. The second-order valence-corrected chi connectivity index (χ2v) is 9.16. The maximum atomic E-state index is 12.6. The van der Waals surface area contributed by atoms with E-state index in [4.69, 9.17) is 0 Å². The Morgan fingerprint density at radius 2 is 1.81 bits per heavy atom. The number of amides is 1. The zero-order chi connectivity index (χ0) is 18.9. The summed E-state index contributed by atoms with van der Waals surface area (Å²) in [7, 11) is -2.96. The molecule has 0 aliphatic carbocycles. The molecular weight excluding hydrogens is 350 g/mol. The number of benzene rings is 1. The van der Waals surface area contributed by atoms with E-state index < -0.39 is 9.84 Å². The summed E-state index contributed by atoms with van der Waals surface area (Å²) in [4.78, 5) is 16.7. The summed E-state index contributed by atoms with van der Waals surface area (Å²) in [6.07, 6.45) is 3.68. The number of nitrogens with zero attached hydrogens (tertiary/aromatic N) is 1. The first kappa shape index (κ1) is 18.4. The first-order valence-corrected chi connectivity index (χ1v) is 10.4. The van der Waals surface area contributed by atoms with Crippen LogP contribution in [-0.4, -0.2) is 36.9 Å². The predicted octanol–water partition coefficient (Wildman–Crippen LogP) is 2.86. The van der Waals surface area contributed by atoms with Crippen molar-refractivity contribution < 1.29 is 13.2 Å². The Balaban J connectivity index is 1.75. The number of nitrogens with one attached hydrogen (secondary N) is 2. The fourth-order valence-electron chi connectivity index (χ4n) is 3.35. The molecule has 2 heterocycles. The molecule has 26 heavy (non-hydrogen) atoms. The van der Waals surface area contributed by atoms with Crippen LogP contribution < -0.4 is 10.6 Å². The lowest BCUT2D eigenvalue weighted by molar-refractivity contribution is 0.102. The lowest BCUT2D eigenvalue weighted by atomic mass is 10.0. The summed E-state index contributed by atoms with van der Waals surface area (Å²) in [6, 6.07) is 5.62. The van der Waals surface area contributed by atoms with Crippen LogP contribution in [0.4, 0.5) is 11.4 Å². The van der Waals surface area contributed by atoms with Crippen LogP contribution in [0.5, 0.6) is 0 Å². The highest BCUT2D eigenvalue weighted by molar-refractivity contribution is 7.91. The van der Waals surface area contributed by atoms with Gasteiger partial charge in [0, 0.05) is 24.1 Å². The van der Waals surface area contributed by atoms with Crippen LogP contribution in [0.1, 0.15) is 33.5 Å². The number of carbonyl (C=O) groups is 1. The molecule has 3 rings (SSSR count). The molecule has 7 heteroatoms. The summed E-state index contributed by atoms with van der Waals surface area (Å²) in [6.45, 7) is 5.95. The smallest absolute Gasteiger partial charge is 0.257 e. The zero-order valence-corrected chi connectivity index (χ0v) is 16.0. The minimum absolute atomic E-state index is 0.116. The predicted molar refractivity (Wildman–Crippen MR) is 104 cm³/mol. The van der Waals surface area contributed by atoms with E-state index in [9.17, 15) is 13.2 Å². The number of hydrogen-bond donors (Lipinski definition) is 2. The number of rotatable bonds is 4. The Morgan fingerprint density at radius 1 is 1.12 bits per heavy atom. The summed E-state index contributed by atoms with van der Waals surface area (Å²) in [5.41, 5.74) is 5.05. The topological polar surface area (TPSA) is 88.2 Å². The number of sulfone groups is 1. The van der Waals surface area contributed by atoms with Crippen molar-refractivity contribution in [3.05, 3.63) is 52.8 Å². The van der Waals surface area contributed by atoms with Crippen molar-refractivity contribution in [2.75, 3.05) is 22.1 Å². The van der Waals surface area contributed by atoms with Gasteiger partial charge in [-0.3, -0.25) is 9.78 Å². The third kappa shape index (κ3) is 4.22. The van der Waals surface area contributed by atoms with Gasteiger partial charge in [-0.05, 0) is 44.4 Å². The van der Waals surface area contributed by atoms with Crippen LogP contribution in [0.25, 0.3) is 0 Å². The minimum Gasteiger partial charge on any atom is -0.380 e. The van der Waals surface area contributed by atoms with Crippen LogP contribution >= 0.6 is 0 Å². The van der Waals surface area contributed by atoms with Gasteiger partial charge in [-0.15, -0.1) is 0 Å². The highest BCUT2D eigenvalue weighted by atomic mass is 32.2. The molecule has 0 saturated carbocycles. The second kappa shape index (κ2) is 7.07. The highest BCUT2D eigenvalue weighted by Gasteiger charge is 2.27. The largest absolute Gasteiger partial charge is 0.380 e. The second-order valence-electron chi connectivity index (χ2n) is 6.93. The van der Waals surface area contributed by atoms with Crippen molar-refractivity contribution >= 4 is 27.1 Å². The molecular formula is C19H23N3O3S. The zero-order valence-electron chi connectivity index (χ0n) is 15.2. The lowest BCUT2D eigenvalue weighted by Gasteiger charge is -2.15. The number of anilines is 2. The molecule has 138 valence electrons. The number of aromatic nitrogens is 1. The quantitative estimate of drug-likeness (QED) is 0.860. The Kier molecular flexibility index (Phi) is 5.00.